The molecule has 1 N–H and O–H groups in total. The van der Waals surface area contributed by atoms with E-state index in [1.807, 2.05) is 42.5 Å². The van der Waals surface area contributed by atoms with Crippen LogP contribution < -0.4 is 14.9 Å². The topological polar surface area (TPSA) is 76.4 Å². The maximum atomic E-state index is 13.2. The van der Waals surface area contributed by atoms with E-state index in [1.165, 1.54) is 11.3 Å². The lowest BCUT2D eigenvalue weighted by molar-refractivity contribution is -0.139. The zero-order chi connectivity index (χ0) is 19.7. The standard InChI is InChI=1S/C21H19N3O3S/c1-3-27-20(26)17-13(2)23-21-24(18(17)14-8-5-4-6-9-14)19(25)16(28-21)12-15-10-7-11-22-15/h4-12,18,22H,3H2,1-2H3. The summed E-state index contributed by atoms with van der Waals surface area (Å²) in [5.41, 5.74) is 2.46. The average molecular weight is 393 g/mol. The number of benzene rings is 1. The van der Waals surface area contributed by atoms with Crippen LogP contribution in [0.25, 0.3) is 6.08 Å². The summed E-state index contributed by atoms with van der Waals surface area (Å²) in [4.78, 5) is 34.2. The highest BCUT2D eigenvalue weighted by Gasteiger charge is 2.33. The Kier molecular flexibility index (Phi) is 4.83. The Hall–Kier alpha value is -3.19. The van der Waals surface area contributed by atoms with Gasteiger partial charge in [-0.15, -0.1) is 0 Å². The molecule has 0 saturated carbocycles. The van der Waals surface area contributed by atoms with Crippen molar-refractivity contribution in [3.63, 3.8) is 0 Å². The molecule has 28 heavy (non-hydrogen) atoms. The quantitative estimate of drug-likeness (QED) is 0.690. The molecule has 1 aliphatic rings. The third-order valence-corrected chi connectivity index (χ3v) is 5.52. The number of aromatic nitrogens is 2. The number of ether oxygens (including phenoxy) is 1. The zero-order valence-electron chi connectivity index (χ0n) is 15.5. The van der Waals surface area contributed by atoms with E-state index in [9.17, 15) is 9.59 Å². The first-order chi connectivity index (χ1) is 13.6. The number of hydrogen-bond donors (Lipinski definition) is 1. The second-order valence-corrected chi connectivity index (χ2v) is 7.35. The van der Waals surface area contributed by atoms with Gasteiger partial charge in [-0.2, -0.15) is 0 Å². The first kappa shape index (κ1) is 18.2. The predicted molar refractivity (Wildman–Crippen MR) is 108 cm³/mol. The molecule has 1 aromatic carbocycles. The highest BCUT2D eigenvalue weighted by atomic mass is 32.1. The van der Waals surface area contributed by atoms with Crippen molar-refractivity contribution in [2.75, 3.05) is 6.61 Å². The maximum absolute atomic E-state index is 13.2. The van der Waals surface area contributed by atoms with Crippen LogP contribution in [-0.4, -0.2) is 22.1 Å². The Labute approximate surface area is 165 Å². The van der Waals surface area contributed by atoms with Crippen molar-refractivity contribution in [3.8, 4) is 0 Å². The second kappa shape index (κ2) is 7.44. The number of rotatable bonds is 4. The Morgan fingerprint density at radius 3 is 2.75 bits per heavy atom. The number of fused-ring (bicyclic) bond motifs is 1. The van der Waals surface area contributed by atoms with Gasteiger partial charge in [0.2, 0.25) is 0 Å². The summed E-state index contributed by atoms with van der Waals surface area (Å²) >= 11 is 1.31. The largest absolute Gasteiger partial charge is 0.463 e. The third-order valence-electron chi connectivity index (χ3n) is 4.54. The molecule has 142 valence electrons. The van der Waals surface area contributed by atoms with E-state index in [0.29, 0.717) is 20.6 Å². The number of allylic oxidation sites excluding steroid dienone is 1. The highest BCUT2D eigenvalue weighted by Crippen LogP contribution is 2.30. The molecule has 0 saturated heterocycles. The summed E-state index contributed by atoms with van der Waals surface area (Å²) in [6.45, 7) is 3.80. The van der Waals surface area contributed by atoms with Crippen LogP contribution in [-0.2, 0) is 9.53 Å². The molecule has 0 radical (unpaired) electrons. The number of carbonyl (C=O) groups excluding carboxylic acids is 1. The molecule has 4 rings (SSSR count). The molecule has 1 unspecified atom stereocenters. The van der Waals surface area contributed by atoms with Gasteiger partial charge in [0.15, 0.2) is 4.80 Å². The SMILES string of the molecule is CCOC(=O)C1=C(C)N=c2sc(=Cc3ccc[nH]3)c(=O)n2C1c1ccccc1. The van der Waals surface area contributed by atoms with Gasteiger partial charge in [0.1, 0.15) is 0 Å². The minimum Gasteiger partial charge on any atom is -0.463 e. The van der Waals surface area contributed by atoms with Crippen molar-refractivity contribution in [1.29, 1.82) is 0 Å². The molecule has 0 bridgehead atoms. The van der Waals surface area contributed by atoms with E-state index < -0.39 is 12.0 Å². The van der Waals surface area contributed by atoms with Gasteiger partial charge >= 0.3 is 5.97 Å². The summed E-state index contributed by atoms with van der Waals surface area (Å²) in [6, 6.07) is 12.7. The number of hydrogen-bond acceptors (Lipinski definition) is 5. The number of carbonyl (C=O) groups is 1. The number of thiazole rings is 1. The fourth-order valence-corrected chi connectivity index (χ4v) is 4.35. The van der Waals surface area contributed by atoms with Gasteiger partial charge in [-0.05, 0) is 37.6 Å². The van der Waals surface area contributed by atoms with Crippen molar-refractivity contribution in [2.45, 2.75) is 19.9 Å². The van der Waals surface area contributed by atoms with Gasteiger partial charge in [0, 0.05) is 11.9 Å². The van der Waals surface area contributed by atoms with E-state index in [2.05, 4.69) is 9.98 Å². The summed E-state index contributed by atoms with van der Waals surface area (Å²) < 4.78 is 7.42. The summed E-state index contributed by atoms with van der Waals surface area (Å²) in [5.74, 6) is -0.448. The molecule has 7 heteroatoms. The number of aromatic amines is 1. The number of nitrogens with zero attached hydrogens (tertiary/aromatic N) is 2. The maximum Gasteiger partial charge on any atom is 0.338 e. The van der Waals surface area contributed by atoms with Crippen molar-refractivity contribution in [1.82, 2.24) is 9.55 Å². The molecule has 0 aliphatic carbocycles. The molecule has 1 aliphatic heterocycles. The van der Waals surface area contributed by atoms with E-state index in [4.69, 9.17) is 4.74 Å². The summed E-state index contributed by atoms with van der Waals surface area (Å²) in [6.07, 6.45) is 3.61. The predicted octanol–water partition coefficient (Wildman–Crippen LogP) is 2.13. The van der Waals surface area contributed by atoms with Crippen LogP contribution in [0.3, 0.4) is 0 Å². The smallest absolute Gasteiger partial charge is 0.338 e. The monoisotopic (exact) mass is 393 g/mol. The molecule has 0 fully saturated rings. The minimum atomic E-state index is -0.567. The van der Waals surface area contributed by atoms with Crippen molar-refractivity contribution in [2.24, 2.45) is 4.99 Å². The van der Waals surface area contributed by atoms with E-state index in [-0.39, 0.29) is 12.2 Å². The third kappa shape index (κ3) is 3.14. The molecule has 1 atom stereocenters. The number of esters is 1. The van der Waals surface area contributed by atoms with Crippen LogP contribution >= 0.6 is 11.3 Å². The van der Waals surface area contributed by atoms with Crippen molar-refractivity contribution < 1.29 is 9.53 Å². The number of H-pyrrole nitrogens is 1. The Morgan fingerprint density at radius 1 is 1.29 bits per heavy atom. The van der Waals surface area contributed by atoms with Gasteiger partial charge in [-0.1, -0.05) is 41.7 Å². The fourth-order valence-electron chi connectivity index (χ4n) is 3.32. The zero-order valence-corrected chi connectivity index (χ0v) is 16.3. The highest BCUT2D eigenvalue weighted by molar-refractivity contribution is 7.07. The Balaban J connectivity index is 1.97. The molecular formula is C21H19N3O3S. The lowest BCUT2D eigenvalue weighted by Crippen LogP contribution is -2.39. The van der Waals surface area contributed by atoms with E-state index in [1.54, 1.807) is 30.7 Å². The van der Waals surface area contributed by atoms with Gasteiger partial charge in [0.05, 0.1) is 28.5 Å². The molecular weight excluding hydrogens is 374 g/mol. The normalized spacial score (nSPS) is 16.6. The first-order valence-corrected chi connectivity index (χ1v) is 9.79. The van der Waals surface area contributed by atoms with Crippen LogP contribution in [0, 0.1) is 0 Å². The first-order valence-electron chi connectivity index (χ1n) is 8.98. The minimum absolute atomic E-state index is 0.179. The lowest BCUT2D eigenvalue weighted by Gasteiger charge is -2.24. The van der Waals surface area contributed by atoms with Crippen LogP contribution in [0.1, 0.15) is 31.1 Å². The van der Waals surface area contributed by atoms with Gasteiger partial charge in [-0.25, -0.2) is 9.79 Å². The van der Waals surface area contributed by atoms with Crippen LogP contribution in [0.2, 0.25) is 0 Å². The Bertz CT molecular complexity index is 1220. The summed E-state index contributed by atoms with van der Waals surface area (Å²) in [5, 5.41) is 0. The molecule has 6 nitrogen and oxygen atoms in total. The van der Waals surface area contributed by atoms with Crippen LogP contribution in [0.15, 0.2) is 69.7 Å². The van der Waals surface area contributed by atoms with Gasteiger partial charge < -0.3 is 9.72 Å². The molecule has 3 aromatic rings. The van der Waals surface area contributed by atoms with Crippen molar-refractivity contribution in [3.05, 3.63) is 90.9 Å². The van der Waals surface area contributed by atoms with Crippen LogP contribution in [0.5, 0.6) is 0 Å². The second-order valence-electron chi connectivity index (χ2n) is 6.34. The van der Waals surface area contributed by atoms with Crippen LogP contribution in [0.4, 0.5) is 0 Å². The molecule has 0 spiro atoms. The number of nitrogens with one attached hydrogen (secondary N) is 1. The fraction of sp³-hybridized carbons (Fsp3) is 0.190. The lowest BCUT2D eigenvalue weighted by atomic mass is 9.96. The van der Waals surface area contributed by atoms with E-state index >= 15 is 0 Å². The van der Waals surface area contributed by atoms with Gasteiger partial charge in [0.25, 0.3) is 5.56 Å². The molecule has 0 amide bonds. The summed E-state index contributed by atoms with van der Waals surface area (Å²) in [7, 11) is 0. The average Bonchev–Trinajstić information content (AvgIpc) is 3.30. The molecule has 2 aromatic heterocycles. The molecule has 3 heterocycles. The van der Waals surface area contributed by atoms with Crippen molar-refractivity contribution >= 4 is 23.4 Å². The van der Waals surface area contributed by atoms with Gasteiger partial charge in [-0.3, -0.25) is 9.36 Å². The Morgan fingerprint density at radius 2 is 2.07 bits per heavy atom. The van der Waals surface area contributed by atoms with E-state index in [0.717, 1.165) is 11.3 Å².